The zero-order chi connectivity index (χ0) is 13.7. The molecule has 0 radical (unpaired) electrons. The van der Waals surface area contributed by atoms with Crippen LogP contribution in [0.4, 0.5) is 18.9 Å². The highest BCUT2D eigenvalue weighted by molar-refractivity contribution is 7.99. The van der Waals surface area contributed by atoms with Crippen molar-refractivity contribution in [3.05, 3.63) is 24.3 Å². The van der Waals surface area contributed by atoms with Crippen LogP contribution in [0.5, 0.6) is 0 Å². The van der Waals surface area contributed by atoms with E-state index in [0.717, 1.165) is 36.9 Å². The summed E-state index contributed by atoms with van der Waals surface area (Å²) in [7, 11) is 0. The van der Waals surface area contributed by atoms with Gasteiger partial charge in [-0.1, -0.05) is 12.1 Å². The number of anilines is 1. The van der Waals surface area contributed by atoms with Crippen molar-refractivity contribution in [1.82, 2.24) is 0 Å². The lowest BCUT2D eigenvalue weighted by Gasteiger charge is -2.25. The highest BCUT2D eigenvalue weighted by atomic mass is 32.2. The Labute approximate surface area is 114 Å². The fraction of sp³-hybridized carbons (Fsp3) is 0.538. The van der Waals surface area contributed by atoms with Crippen LogP contribution in [0.25, 0.3) is 0 Å². The largest absolute Gasteiger partial charge is 0.398 e. The molecular formula is C13H16F3NOS. The van der Waals surface area contributed by atoms with Gasteiger partial charge in [-0.15, -0.1) is 11.8 Å². The van der Waals surface area contributed by atoms with E-state index in [1.807, 2.05) is 12.1 Å². The predicted molar refractivity (Wildman–Crippen MR) is 70.7 cm³/mol. The van der Waals surface area contributed by atoms with Gasteiger partial charge in [-0.2, -0.15) is 13.2 Å². The van der Waals surface area contributed by atoms with Crippen LogP contribution in [0.1, 0.15) is 12.8 Å². The van der Waals surface area contributed by atoms with E-state index in [0.29, 0.717) is 11.5 Å². The van der Waals surface area contributed by atoms with Crippen molar-refractivity contribution in [2.24, 2.45) is 0 Å². The molecule has 0 saturated carbocycles. The van der Waals surface area contributed by atoms with E-state index >= 15 is 0 Å². The van der Waals surface area contributed by atoms with Crippen LogP contribution in [0.15, 0.2) is 29.2 Å². The first kappa shape index (κ1) is 14.5. The highest BCUT2D eigenvalue weighted by Gasteiger charge is 2.27. The second-order valence-corrected chi connectivity index (χ2v) is 5.48. The summed E-state index contributed by atoms with van der Waals surface area (Å²) in [5.74, 6) is -0.868. The van der Waals surface area contributed by atoms with Gasteiger partial charge in [-0.25, -0.2) is 0 Å². The van der Waals surface area contributed by atoms with E-state index in [9.17, 15) is 13.2 Å². The molecule has 1 fully saturated rings. The van der Waals surface area contributed by atoms with E-state index < -0.39 is 11.9 Å². The van der Waals surface area contributed by atoms with E-state index in [1.54, 1.807) is 12.1 Å². The Hall–Kier alpha value is -0.880. The van der Waals surface area contributed by atoms with Gasteiger partial charge in [0.25, 0.3) is 0 Å². The van der Waals surface area contributed by atoms with Crippen LogP contribution >= 0.6 is 11.8 Å². The van der Waals surface area contributed by atoms with Gasteiger partial charge in [0.2, 0.25) is 0 Å². The Morgan fingerprint density at radius 3 is 2.79 bits per heavy atom. The van der Waals surface area contributed by atoms with E-state index in [1.165, 1.54) is 0 Å². The lowest BCUT2D eigenvalue weighted by molar-refractivity contribution is -0.105. The van der Waals surface area contributed by atoms with Gasteiger partial charge in [-0.05, 0) is 25.0 Å². The number of nitrogens with one attached hydrogen (secondary N) is 1. The summed E-state index contributed by atoms with van der Waals surface area (Å²) in [6.07, 6.45) is -2.18. The van der Waals surface area contributed by atoms with Gasteiger partial charge in [0.15, 0.2) is 0 Å². The molecule has 0 spiro atoms. The molecule has 0 amide bonds. The van der Waals surface area contributed by atoms with Crippen LogP contribution < -0.4 is 5.32 Å². The Morgan fingerprint density at radius 1 is 1.32 bits per heavy atom. The van der Waals surface area contributed by atoms with Crippen molar-refractivity contribution >= 4 is 17.4 Å². The number of rotatable bonds is 4. The first-order chi connectivity index (χ1) is 9.04. The normalized spacial score (nSPS) is 20.3. The van der Waals surface area contributed by atoms with Crippen molar-refractivity contribution in [2.75, 3.05) is 24.3 Å². The van der Waals surface area contributed by atoms with Crippen LogP contribution in [-0.4, -0.2) is 31.2 Å². The third-order valence-electron chi connectivity index (χ3n) is 2.80. The van der Waals surface area contributed by atoms with Gasteiger partial charge in [0.1, 0.15) is 0 Å². The SMILES string of the molecule is FC(F)(F)CSc1ccccc1NC1CCCOC1. The standard InChI is InChI=1S/C13H16F3NOS/c14-13(15,16)9-19-12-6-2-1-5-11(12)17-10-4-3-7-18-8-10/h1-2,5-6,10,17H,3-4,7-9H2. The number of halogens is 3. The van der Waals surface area contributed by atoms with Crippen molar-refractivity contribution in [3.8, 4) is 0 Å². The summed E-state index contributed by atoms with van der Waals surface area (Å²) < 4.78 is 42.2. The summed E-state index contributed by atoms with van der Waals surface area (Å²) >= 11 is 0.814. The molecule has 1 aromatic carbocycles. The third-order valence-corrected chi connectivity index (χ3v) is 3.94. The molecule has 19 heavy (non-hydrogen) atoms. The lowest BCUT2D eigenvalue weighted by atomic mass is 10.1. The van der Waals surface area contributed by atoms with Crippen molar-refractivity contribution in [2.45, 2.75) is 30.0 Å². The molecule has 1 saturated heterocycles. The monoisotopic (exact) mass is 291 g/mol. The number of hydrogen-bond donors (Lipinski definition) is 1. The number of thioether (sulfide) groups is 1. The molecule has 2 nitrogen and oxygen atoms in total. The average Bonchev–Trinajstić information content (AvgIpc) is 2.38. The molecule has 2 rings (SSSR count). The molecule has 1 aliphatic rings. The molecule has 106 valence electrons. The Kier molecular flexibility index (Phi) is 4.99. The smallest absolute Gasteiger partial charge is 0.379 e. The number of ether oxygens (including phenoxy) is 1. The molecule has 1 aliphatic heterocycles. The van der Waals surface area contributed by atoms with Crippen LogP contribution in [0.3, 0.4) is 0 Å². The molecule has 0 aliphatic carbocycles. The molecule has 6 heteroatoms. The quantitative estimate of drug-likeness (QED) is 0.849. The van der Waals surface area contributed by atoms with E-state index in [-0.39, 0.29) is 6.04 Å². The molecular weight excluding hydrogens is 275 g/mol. The lowest BCUT2D eigenvalue weighted by Crippen LogP contribution is -2.30. The zero-order valence-electron chi connectivity index (χ0n) is 10.4. The fourth-order valence-corrected chi connectivity index (χ4v) is 2.72. The van der Waals surface area contributed by atoms with Crippen molar-refractivity contribution < 1.29 is 17.9 Å². The number of benzene rings is 1. The Bertz CT molecular complexity index is 405. The maximum Gasteiger partial charge on any atom is 0.398 e. The second kappa shape index (κ2) is 6.52. The predicted octanol–water partition coefficient (Wildman–Crippen LogP) is 3.93. The number of hydrogen-bond acceptors (Lipinski definition) is 3. The molecule has 0 bridgehead atoms. The van der Waals surface area contributed by atoms with Gasteiger partial charge in [-0.3, -0.25) is 0 Å². The second-order valence-electron chi connectivity index (χ2n) is 4.46. The van der Waals surface area contributed by atoms with Crippen LogP contribution in [0, 0.1) is 0 Å². The Morgan fingerprint density at radius 2 is 2.11 bits per heavy atom. The fourth-order valence-electron chi connectivity index (χ4n) is 1.95. The zero-order valence-corrected chi connectivity index (χ0v) is 11.2. The molecule has 1 atom stereocenters. The minimum Gasteiger partial charge on any atom is -0.379 e. The summed E-state index contributed by atoms with van der Waals surface area (Å²) in [4.78, 5) is 0.630. The molecule has 1 heterocycles. The van der Waals surface area contributed by atoms with Gasteiger partial charge < -0.3 is 10.1 Å². The van der Waals surface area contributed by atoms with Gasteiger partial charge in [0.05, 0.1) is 12.4 Å². The first-order valence-corrected chi connectivity index (χ1v) is 7.16. The third kappa shape index (κ3) is 4.95. The maximum absolute atomic E-state index is 12.3. The number of para-hydroxylation sites is 1. The molecule has 1 aromatic rings. The minimum atomic E-state index is -4.15. The van der Waals surface area contributed by atoms with Gasteiger partial charge in [0, 0.05) is 23.2 Å². The average molecular weight is 291 g/mol. The molecule has 0 aromatic heterocycles. The van der Waals surface area contributed by atoms with Crippen molar-refractivity contribution in [1.29, 1.82) is 0 Å². The van der Waals surface area contributed by atoms with E-state index in [4.69, 9.17) is 4.74 Å². The Balaban J connectivity index is 1.99. The summed E-state index contributed by atoms with van der Waals surface area (Å²) in [5.41, 5.74) is 0.757. The summed E-state index contributed by atoms with van der Waals surface area (Å²) in [6, 6.07) is 7.28. The van der Waals surface area contributed by atoms with E-state index in [2.05, 4.69) is 5.32 Å². The maximum atomic E-state index is 12.3. The van der Waals surface area contributed by atoms with Gasteiger partial charge >= 0.3 is 6.18 Å². The summed E-state index contributed by atoms with van der Waals surface area (Å²) in [5, 5.41) is 3.27. The van der Waals surface area contributed by atoms with Crippen molar-refractivity contribution in [3.63, 3.8) is 0 Å². The number of alkyl halides is 3. The topological polar surface area (TPSA) is 21.3 Å². The minimum absolute atomic E-state index is 0.182. The first-order valence-electron chi connectivity index (χ1n) is 6.17. The molecule has 1 unspecified atom stereocenters. The highest BCUT2D eigenvalue weighted by Crippen LogP contribution is 2.32. The van der Waals surface area contributed by atoms with Crippen LogP contribution in [0.2, 0.25) is 0 Å². The molecule has 1 N–H and O–H groups in total. The summed E-state index contributed by atoms with van der Waals surface area (Å²) in [6.45, 7) is 1.38. The van der Waals surface area contributed by atoms with Crippen LogP contribution in [-0.2, 0) is 4.74 Å².